The lowest BCUT2D eigenvalue weighted by Gasteiger charge is -2.15. The molecule has 1 N–H and O–H groups in total. The normalized spacial score (nSPS) is 12.7. The number of hydrogen-bond acceptors (Lipinski definition) is 2. The van der Waals surface area contributed by atoms with Crippen LogP contribution >= 0.6 is 0 Å². The van der Waals surface area contributed by atoms with Crippen LogP contribution in [0.15, 0.2) is 30.5 Å². The maximum absolute atomic E-state index is 13.3. The Bertz CT molecular complexity index is 519. The molecule has 1 aromatic carbocycles. The minimum absolute atomic E-state index is 0.0743. The highest BCUT2D eigenvalue weighted by atomic mass is 19.1. The van der Waals surface area contributed by atoms with Gasteiger partial charge in [-0.3, -0.25) is 0 Å². The zero-order chi connectivity index (χ0) is 12.4. The summed E-state index contributed by atoms with van der Waals surface area (Å²) in [6.45, 7) is 3.93. The van der Waals surface area contributed by atoms with E-state index in [1.54, 1.807) is 16.8 Å². The van der Waals surface area contributed by atoms with Gasteiger partial charge in [-0.15, -0.1) is 0 Å². The first-order valence-corrected chi connectivity index (χ1v) is 5.61. The van der Waals surface area contributed by atoms with E-state index in [4.69, 9.17) is 0 Å². The van der Waals surface area contributed by atoms with Gasteiger partial charge in [-0.25, -0.2) is 9.07 Å². The Morgan fingerprint density at radius 2 is 2.12 bits per heavy atom. The molecule has 90 valence electrons. The summed E-state index contributed by atoms with van der Waals surface area (Å²) >= 11 is 0. The van der Waals surface area contributed by atoms with Crippen molar-refractivity contribution in [1.82, 2.24) is 15.1 Å². The van der Waals surface area contributed by atoms with Crippen molar-refractivity contribution in [3.63, 3.8) is 0 Å². The number of benzene rings is 1. The van der Waals surface area contributed by atoms with Gasteiger partial charge < -0.3 is 5.32 Å². The molecule has 0 saturated carbocycles. The molecule has 0 aliphatic rings. The number of hydrogen-bond donors (Lipinski definition) is 1. The van der Waals surface area contributed by atoms with E-state index in [1.807, 2.05) is 33.2 Å². The second-order valence-corrected chi connectivity index (χ2v) is 4.12. The maximum atomic E-state index is 13.3. The van der Waals surface area contributed by atoms with Crippen LogP contribution in [0.25, 0.3) is 5.69 Å². The van der Waals surface area contributed by atoms with E-state index in [9.17, 15) is 4.39 Å². The number of nitrogens with zero attached hydrogens (tertiary/aromatic N) is 2. The molecule has 0 bridgehead atoms. The molecule has 1 atom stereocenters. The van der Waals surface area contributed by atoms with Crippen LogP contribution in [0.1, 0.15) is 24.2 Å². The molecule has 1 unspecified atom stereocenters. The quantitative estimate of drug-likeness (QED) is 0.883. The van der Waals surface area contributed by atoms with Crippen molar-refractivity contribution in [2.75, 3.05) is 7.05 Å². The zero-order valence-corrected chi connectivity index (χ0v) is 10.2. The minimum Gasteiger partial charge on any atom is -0.313 e. The highest BCUT2D eigenvalue weighted by Crippen LogP contribution is 2.22. The number of aryl methyl sites for hydroxylation is 1. The molecule has 0 aliphatic carbocycles. The van der Waals surface area contributed by atoms with Gasteiger partial charge in [0.25, 0.3) is 0 Å². The fraction of sp³-hybridized carbons (Fsp3) is 0.308. The summed E-state index contributed by atoms with van der Waals surface area (Å²) in [4.78, 5) is 0. The molecule has 4 heteroatoms. The van der Waals surface area contributed by atoms with Crippen molar-refractivity contribution in [1.29, 1.82) is 0 Å². The number of rotatable bonds is 3. The van der Waals surface area contributed by atoms with Gasteiger partial charge in [0.15, 0.2) is 0 Å². The summed E-state index contributed by atoms with van der Waals surface area (Å²) in [5, 5.41) is 7.47. The van der Waals surface area contributed by atoms with E-state index >= 15 is 0 Å². The first kappa shape index (κ1) is 11.8. The van der Waals surface area contributed by atoms with Crippen molar-refractivity contribution < 1.29 is 4.39 Å². The van der Waals surface area contributed by atoms with Crippen molar-refractivity contribution in [3.05, 3.63) is 47.5 Å². The van der Waals surface area contributed by atoms with E-state index in [0.717, 1.165) is 16.9 Å². The minimum atomic E-state index is -0.227. The van der Waals surface area contributed by atoms with E-state index in [-0.39, 0.29) is 11.9 Å². The fourth-order valence-electron chi connectivity index (χ4n) is 1.79. The number of aromatic nitrogens is 2. The average Bonchev–Trinajstić information content (AvgIpc) is 2.74. The fourth-order valence-corrected chi connectivity index (χ4v) is 1.79. The van der Waals surface area contributed by atoms with Gasteiger partial charge in [-0.1, -0.05) is 0 Å². The summed E-state index contributed by atoms with van der Waals surface area (Å²) in [5.74, 6) is -0.227. The molecular formula is C13H16FN3. The molecule has 1 aromatic heterocycles. The maximum Gasteiger partial charge on any atom is 0.123 e. The Morgan fingerprint density at radius 3 is 2.71 bits per heavy atom. The molecule has 17 heavy (non-hydrogen) atoms. The van der Waals surface area contributed by atoms with Crippen LogP contribution in [0.5, 0.6) is 0 Å². The van der Waals surface area contributed by atoms with Crippen molar-refractivity contribution >= 4 is 0 Å². The SMILES string of the molecule is CNC(C)c1cc(F)ccc1-n1ccc(C)n1. The van der Waals surface area contributed by atoms with Gasteiger partial charge in [0.05, 0.1) is 11.4 Å². The van der Waals surface area contributed by atoms with Crippen LogP contribution < -0.4 is 5.32 Å². The lowest BCUT2D eigenvalue weighted by molar-refractivity contribution is 0.604. The molecule has 0 radical (unpaired) electrons. The molecule has 2 rings (SSSR count). The molecular weight excluding hydrogens is 217 g/mol. The third-order valence-corrected chi connectivity index (χ3v) is 2.86. The van der Waals surface area contributed by atoms with Gasteiger partial charge in [-0.05, 0) is 50.7 Å². The largest absolute Gasteiger partial charge is 0.313 e. The number of nitrogens with one attached hydrogen (secondary N) is 1. The van der Waals surface area contributed by atoms with Gasteiger partial charge in [0.2, 0.25) is 0 Å². The summed E-state index contributed by atoms with van der Waals surface area (Å²) in [5.41, 5.74) is 2.74. The molecule has 0 amide bonds. The van der Waals surface area contributed by atoms with Gasteiger partial charge in [-0.2, -0.15) is 5.10 Å². The average molecular weight is 233 g/mol. The summed E-state index contributed by atoms with van der Waals surface area (Å²) in [6, 6.07) is 6.76. The number of halogens is 1. The molecule has 0 aliphatic heterocycles. The molecule has 1 heterocycles. The van der Waals surface area contributed by atoms with Crippen molar-refractivity contribution in [2.45, 2.75) is 19.9 Å². The molecule has 2 aromatic rings. The molecule has 0 saturated heterocycles. The van der Waals surface area contributed by atoms with Crippen LogP contribution in [-0.4, -0.2) is 16.8 Å². The predicted molar refractivity (Wildman–Crippen MR) is 65.7 cm³/mol. The Kier molecular flexibility index (Phi) is 3.24. The zero-order valence-electron chi connectivity index (χ0n) is 10.2. The molecule has 0 fully saturated rings. The standard InChI is InChI=1S/C13H16FN3/c1-9-6-7-17(16-9)13-5-4-11(14)8-12(13)10(2)15-3/h4-8,10,15H,1-3H3. The van der Waals surface area contributed by atoms with E-state index < -0.39 is 0 Å². The topological polar surface area (TPSA) is 29.9 Å². The Labute approximate surface area is 100 Å². The second kappa shape index (κ2) is 4.67. The Hall–Kier alpha value is -1.68. The van der Waals surface area contributed by atoms with E-state index in [2.05, 4.69) is 10.4 Å². The van der Waals surface area contributed by atoms with E-state index in [1.165, 1.54) is 6.07 Å². The van der Waals surface area contributed by atoms with E-state index in [0.29, 0.717) is 0 Å². The van der Waals surface area contributed by atoms with Crippen molar-refractivity contribution in [2.24, 2.45) is 0 Å². The van der Waals surface area contributed by atoms with Crippen molar-refractivity contribution in [3.8, 4) is 5.69 Å². The molecule has 3 nitrogen and oxygen atoms in total. The first-order chi connectivity index (χ1) is 8.11. The predicted octanol–water partition coefficient (Wildman–Crippen LogP) is 2.60. The van der Waals surface area contributed by atoms with Gasteiger partial charge >= 0.3 is 0 Å². The monoisotopic (exact) mass is 233 g/mol. The summed E-state index contributed by atoms with van der Waals surface area (Å²) < 4.78 is 15.1. The summed E-state index contributed by atoms with van der Waals surface area (Å²) in [6.07, 6.45) is 1.88. The van der Waals surface area contributed by atoms with Crippen LogP contribution in [0.2, 0.25) is 0 Å². The molecule has 0 spiro atoms. The Morgan fingerprint density at radius 1 is 1.35 bits per heavy atom. The lowest BCUT2D eigenvalue weighted by atomic mass is 10.1. The lowest BCUT2D eigenvalue weighted by Crippen LogP contribution is -2.15. The Balaban J connectivity index is 2.53. The van der Waals surface area contributed by atoms with Gasteiger partial charge in [0, 0.05) is 12.2 Å². The third kappa shape index (κ3) is 2.36. The first-order valence-electron chi connectivity index (χ1n) is 5.61. The highest BCUT2D eigenvalue weighted by Gasteiger charge is 2.12. The smallest absolute Gasteiger partial charge is 0.123 e. The third-order valence-electron chi connectivity index (χ3n) is 2.86. The van der Waals surface area contributed by atoms with Crippen LogP contribution in [-0.2, 0) is 0 Å². The van der Waals surface area contributed by atoms with Crippen LogP contribution in [0.4, 0.5) is 4.39 Å². The van der Waals surface area contributed by atoms with Crippen LogP contribution in [0, 0.1) is 12.7 Å². The summed E-state index contributed by atoms with van der Waals surface area (Å²) in [7, 11) is 1.85. The second-order valence-electron chi connectivity index (χ2n) is 4.12. The van der Waals surface area contributed by atoms with Crippen LogP contribution in [0.3, 0.4) is 0 Å². The highest BCUT2D eigenvalue weighted by molar-refractivity contribution is 5.42. The van der Waals surface area contributed by atoms with Gasteiger partial charge in [0.1, 0.15) is 5.82 Å².